The monoisotopic (exact) mass is 750 g/mol. The molecule has 6 heterocycles. The Kier molecular flexibility index (Phi) is 8.37. The molecule has 0 spiro atoms. The van der Waals surface area contributed by atoms with Gasteiger partial charge in [0.2, 0.25) is 11.8 Å². The molecule has 9 rings (SSSR count). The minimum atomic E-state index is -0.685. The Morgan fingerprint density at radius 3 is 2.14 bits per heavy atom. The second kappa shape index (κ2) is 13.6. The lowest BCUT2D eigenvalue weighted by molar-refractivity contribution is 0.415. The molecule has 0 radical (unpaired) electrons. The highest BCUT2D eigenvalue weighted by Crippen LogP contribution is 2.33. The van der Waals surface area contributed by atoms with Crippen LogP contribution in [0.2, 0.25) is 0 Å². The number of fused-ring (bicyclic) bond motifs is 6. The molecular formula is C42H32F2N8O4. The number of aryl methyl sites for hydroxylation is 2. The number of hydrogen-bond donors (Lipinski definition) is 0. The first-order chi connectivity index (χ1) is 27.1. The molecule has 3 aromatic carbocycles. The summed E-state index contributed by atoms with van der Waals surface area (Å²) in [7, 11) is 3.38. The topological polar surface area (TPSA) is 124 Å². The van der Waals surface area contributed by atoms with Crippen molar-refractivity contribution in [3.8, 4) is 17.4 Å². The predicted octanol–water partition coefficient (Wildman–Crippen LogP) is 6.88. The van der Waals surface area contributed by atoms with Gasteiger partial charge in [0.15, 0.2) is 0 Å². The third kappa shape index (κ3) is 6.00. The second-order valence-electron chi connectivity index (χ2n) is 13.5. The van der Waals surface area contributed by atoms with Crippen LogP contribution >= 0.6 is 0 Å². The Labute approximate surface area is 316 Å². The highest BCUT2D eigenvalue weighted by Gasteiger charge is 2.20. The average molecular weight is 751 g/mol. The summed E-state index contributed by atoms with van der Waals surface area (Å²) >= 11 is 0. The van der Waals surface area contributed by atoms with Crippen molar-refractivity contribution in [1.29, 1.82) is 0 Å². The van der Waals surface area contributed by atoms with Gasteiger partial charge in [-0.1, -0.05) is 18.2 Å². The number of nitrogens with zero attached hydrogens (tertiary/aromatic N) is 8. The van der Waals surface area contributed by atoms with Crippen molar-refractivity contribution in [3.63, 3.8) is 0 Å². The number of pyridine rings is 2. The Hall–Kier alpha value is -7.22. The SMILES string of the molecule is COc1ccc2c3cnn(Cc4cc(Cn5c6cc(Oc7cccc(F)n7)ccc6c6cnn(Cc7cccc(C)n7)c(=O)c65)ccc4F)c(=O)c3n(C)c2c1. The molecule has 0 bridgehead atoms. The van der Waals surface area contributed by atoms with Gasteiger partial charge in [-0.05, 0) is 67.1 Å². The van der Waals surface area contributed by atoms with Gasteiger partial charge in [-0.3, -0.25) is 14.6 Å². The van der Waals surface area contributed by atoms with E-state index in [1.165, 1.54) is 27.6 Å². The van der Waals surface area contributed by atoms with Gasteiger partial charge in [-0.15, -0.1) is 0 Å². The van der Waals surface area contributed by atoms with E-state index < -0.39 is 11.8 Å². The summed E-state index contributed by atoms with van der Waals surface area (Å²) in [5.41, 5.74) is 3.89. The van der Waals surface area contributed by atoms with Crippen LogP contribution in [0.1, 0.15) is 22.5 Å². The molecule has 12 nitrogen and oxygen atoms in total. The van der Waals surface area contributed by atoms with Crippen LogP contribution in [0.3, 0.4) is 0 Å². The fourth-order valence-electron chi connectivity index (χ4n) is 7.34. The van der Waals surface area contributed by atoms with Crippen LogP contribution in [0.25, 0.3) is 43.6 Å². The van der Waals surface area contributed by atoms with Crippen molar-refractivity contribution in [3.05, 3.63) is 158 Å². The first-order valence-corrected chi connectivity index (χ1v) is 17.7. The maximum absolute atomic E-state index is 15.6. The van der Waals surface area contributed by atoms with Gasteiger partial charge in [0.25, 0.3) is 11.1 Å². The normalized spacial score (nSPS) is 11.7. The Balaban J connectivity index is 1.14. The van der Waals surface area contributed by atoms with E-state index in [4.69, 9.17) is 9.47 Å². The fourth-order valence-corrected chi connectivity index (χ4v) is 7.34. The van der Waals surface area contributed by atoms with Crippen LogP contribution in [0.5, 0.6) is 17.4 Å². The van der Waals surface area contributed by atoms with E-state index in [-0.39, 0.29) is 42.2 Å². The lowest BCUT2D eigenvalue weighted by atomic mass is 10.1. The van der Waals surface area contributed by atoms with Gasteiger partial charge in [-0.25, -0.2) is 13.8 Å². The van der Waals surface area contributed by atoms with Gasteiger partial charge in [0, 0.05) is 64.6 Å². The van der Waals surface area contributed by atoms with Crippen LogP contribution in [0.4, 0.5) is 8.78 Å². The van der Waals surface area contributed by atoms with Crippen molar-refractivity contribution in [2.24, 2.45) is 7.05 Å². The van der Waals surface area contributed by atoms with E-state index >= 15 is 4.39 Å². The molecule has 0 fully saturated rings. The number of benzene rings is 3. The smallest absolute Gasteiger partial charge is 0.291 e. The Bertz CT molecular complexity index is 3150. The molecule has 0 aliphatic carbocycles. The summed E-state index contributed by atoms with van der Waals surface area (Å²) < 4.78 is 47.0. The third-order valence-corrected chi connectivity index (χ3v) is 9.99. The highest BCUT2D eigenvalue weighted by atomic mass is 19.1. The summed E-state index contributed by atoms with van der Waals surface area (Å²) in [6.07, 6.45) is 3.27. The zero-order chi connectivity index (χ0) is 38.7. The van der Waals surface area contributed by atoms with E-state index in [1.54, 1.807) is 61.5 Å². The van der Waals surface area contributed by atoms with Crippen molar-refractivity contribution in [2.45, 2.75) is 26.6 Å². The van der Waals surface area contributed by atoms with Crippen LogP contribution in [0.15, 0.2) is 113 Å². The van der Waals surface area contributed by atoms with Gasteiger partial charge in [0.1, 0.15) is 28.3 Å². The first-order valence-electron chi connectivity index (χ1n) is 17.7. The second-order valence-corrected chi connectivity index (χ2v) is 13.5. The molecule has 0 aliphatic rings. The summed E-state index contributed by atoms with van der Waals surface area (Å²) in [5, 5.41) is 11.8. The Morgan fingerprint density at radius 2 is 1.38 bits per heavy atom. The van der Waals surface area contributed by atoms with Crippen LogP contribution in [-0.4, -0.2) is 45.8 Å². The number of hydrogen-bond acceptors (Lipinski definition) is 8. The van der Waals surface area contributed by atoms with E-state index in [0.717, 1.165) is 22.0 Å². The van der Waals surface area contributed by atoms with E-state index in [1.807, 2.05) is 54.0 Å². The molecular weight excluding hydrogens is 719 g/mol. The van der Waals surface area contributed by atoms with Crippen molar-refractivity contribution in [2.75, 3.05) is 7.11 Å². The lowest BCUT2D eigenvalue weighted by Crippen LogP contribution is -2.25. The Morgan fingerprint density at radius 1 is 0.679 bits per heavy atom. The van der Waals surface area contributed by atoms with Gasteiger partial charge in [-0.2, -0.15) is 19.6 Å². The van der Waals surface area contributed by atoms with Crippen LogP contribution < -0.4 is 20.6 Å². The lowest BCUT2D eigenvalue weighted by Gasteiger charge is -2.12. The molecule has 56 heavy (non-hydrogen) atoms. The molecule has 0 N–H and O–H groups in total. The summed E-state index contributed by atoms with van der Waals surface area (Å²) in [5.74, 6) is -0.110. The number of methoxy groups -OCH3 is 1. The average Bonchev–Trinajstić information content (AvgIpc) is 3.65. The molecule has 0 saturated heterocycles. The molecule has 0 saturated carbocycles. The molecule has 9 aromatic rings. The van der Waals surface area contributed by atoms with E-state index in [0.29, 0.717) is 50.1 Å². The predicted molar refractivity (Wildman–Crippen MR) is 207 cm³/mol. The molecule has 0 atom stereocenters. The molecule has 6 aromatic heterocycles. The van der Waals surface area contributed by atoms with Crippen LogP contribution in [0, 0.1) is 18.7 Å². The fraction of sp³-hybridized carbons (Fsp3) is 0.143. The third-order valence-electron chi connectivity index (χ3n) is 9.99. The van der Waals surface area contributed by atoms with Crippen molar-refractivity contribution in [1.82, 2.24) is 38.7 Å². The van der Waals surface area contributed by atoms with E-state index in [2.05, 4.69) is 20.2 Å². The van der Waals surface area contributed by atoms with Crippen molar-refractivity contribution < 1.29 is 18.3 Å². The molecule has 278 valence electrons. The molecule has 0 amide bonds. The maximum Gasteiger partial charge on any atom is 0.291 e. The van der Waals surface area contributed by atoms with Gasteiger partial charge < -0.3 is 18.6 Å². The molecule has 0 unspecified atom stereocenters. The summed E-state index contributed by atoms with van der Waals surface area (Å²) in [4.78, 5) is 36.5. The maximum atomic E-state index is 15.6. The standard InChI is InChI=1S/C42H32F2N8O4/c1-24-6-4-7-27(47-24)23-52-42(54)40-33(20-46-52)31-14-12-29(56-38-9-5-8-37(44)48-38)18-36(31)50(40)21-25-10-15-34(43)26(16-25)22-51-41(53)39-32(19-45-51)30-13-11-28(55-3)17-35(30)49(39)2/h4-20H,21-23H2,1-3H3. The van der Waals surface area contributed by atoms with Gasteiger partial charge >= 0.3 is 0 Å². The largest absolute Gasteiger partial charge is 0.497 e. The number of aromatic nitrogens is 8. The summed E-state index contributed by atoms with van der Waals surface area (Å²) in [6, 6.07) is 25.3. The number of ether oxygens (including phenoxy) is 2. The highest BCUT2D eigenvalue weighted by molar-refractivity contribution is 6.08. The molecule has 0 aliphatic heterocycles. The summed E-state index contributed by atoms with van der Waals surface area (Å²) in [6.45, 7) is 2.03. The minimum absolute atomic E-state index is 0.0649. The van der Waals surface area contributed by atoms with Crippen molar-refractivity contribution >= 4 is 43.6 Å². The van der Waals surface area contributed by atoms with Crippen LogP contribution in [-0.2, 0) is 26.7 Å². The zero-order valence-electron chi connectivity index (χ0n) is 30.4. The number of rotatable bonds is 9. The zero-order valence-corrected chi connectivity index (χ0v) is 30.4. The first kappa shape index (κ1) is 34.5. The number of halogens is 2. The molecule has 14 heteroatoms. The quantitative estimate of drug-likeness (QED) is 0.147. The van der Waals surface area contributed by atoms with E-state index in [9.17, 15) is 14.0 Å². The minimum Gasteiger partial charge on any atom is -0.497 e. The van der Waals surface area contributed by atoms with Gasteiger partial charge in [0.05, 0.1) is 49.3 Å².